The molecule has 0 aliphatic heterocycles. The normalized spacial score (nSPS) is 10.7. The molecule has 0 atom stereocenters. The number of hydrogen-bond donors (Lipinski definition) is 0. The van der Waals surface area contributed by atoms with E-state index in [9.17, 15) is 4.79 Å². The van der Waals surface area contributed by atoms with Gasteiger partial charge in [-0.2, -0.15) is 0 Å². The molecule has 2 aromatic rings. The topological polar surface area (TPSA) is 30.0 Å². The third kappa shape index (κ3) is 2.60. The van der Waals surface area contributed by atoms with Crippen LogP contribution in [-0.4, -0.2) is 10.8 Å². The highest BCUT2D eigenvalue weighted by Gasteiger charge is 2.00. The van der Waals surface area contributed by atoms with E-state index in [2.05, 4.69) is 4.98 Å². The smallest absolute Gasteiger partial charge is 0.195 e. The van der Waals surface area contributed by atoms with E-state index in [1.807, 2.05) is 35.7 Å². The van der Waals surface area contributed by atoms with Crippen molar-refractivity contribution in [3.8, 4) is 0 Å². The van der Waals surface area contributed by atoms with Crippen molar-refractivity contribution in [2.45, 2.75) is 0 Å². The second-order valence-electron chi connectivity index (χ2n) is 2.93. The number of hydrogen-bond acceptors (Lipinski definition) is 3. The van der Waals surface area contributed by atoms with Crippen molar-refractivity contribution >= 4 is 23.2 Å². The lowest BCUT2D eigenvalue weighted by atomic mass is 10.2. The minimum atomic E-state index is 0.0238. The molecule has 0 N–H and O–H groups in total. The second kappa shape index (κ2) is 4.66. The highest BCUT2D eigenvalue weighted by atomic mass is 32.1. The van der Waals surface area contributed by atoms with E-state index in [4.69, 9.17) is 0 Å². The van der Waals surface area contributed by atoms with Gasteiger partial charge in [-0.05, 0) is 35.7 Å². The number of rotatable bonds is 3. The van der Waals surface area contributed by atoms with Crippen LogP contribution in [0.5, 0.6) is 0 Å². The summed E-state index contributed by atoms with van der Waals surface area (Å²) in [7, 11) is 0. The standard InChI is InChI=1S/C12H9NOS/c14-11(12-5-3-9-15-12)7-6-10-4-1-2-8-13-10/h1-9H/b7-6+. The van der Waals surface area contributed by atoms with Gasteiger partial charge in [-0.1, -0.05) is 12.1 Å². The van der Waals surface area contributed by atoms with Gasteiger partial charge in [0.1, 0.15) is 0 Å². The third-order valence-electron chi connectivity index (χ3n) is 1.86. The summed E-state index contributed by atoms with van der Waals surface area (Å²) in [5.74, 6) is 0.0238. The summed E-state index contributed by atoms with van der Waals surface area (Å²) in [6, 6.07) is 9.28. The predicted molar refractivity (Wildman–Crippen MR) is 61.9 cm³/mol. The lowest BCUT2D eigenvalue weighted by Crippen LogP contribution is -1.89. The zero-order valence-corrected chi connectivity index (χ0v) is 8.78. The quantitative estimate of drug-likeness (QED) is 0.582. The number of thiophene rings is 1. The lowest BCUT2D eigenvalue weighted by Gasteiger charge is -1.90. The van der Waals surface area contributed by atoms with Gasteiger partial charge in [0.15, 0.2) is 5.78 Å². The third-order valence-corrected chi connectivity index (χ3v) is 2.74. The van der Waals surface area contributed by atoms with Gasteiger partial charge in [-0.15, -0.1) is 11.3 Å². The number of pyridine rings is 1. The molecule has 0 aliphatic carbocycles. The van der Waals surface area contributed by atoms with Gasteiger partial charge in [-0.3, -0.25) is 9.78 Å². The lowest BCUT2D eigenvalue weighted by molar-refractivity contribution is 0.105. The van der Waals surface area contributed by atoms with Crippen molar-refractivity contribution in [2.75, 3.05) is 0 Å². The maximum atomic E-state index is 11.6. The zero-order chi connectivity index (χ0) is 10.5. The molecule has 2 aromatic heterocycles. The van der Waals surface area contributed by atoms with Crippen LogP contribution >= 0.6 is 11.3 Å². The molecular weight excluding hydrogens is 206 g/mol. The van der Waals surface area contributed by atoms with E-state index in [-0.39, 0.29) is 5.78 Å². The molecule has 0 fully saturated rings. The Morgan fingerprint density at radius 3 is 2.87 bits per heavy atom. The molecule has 0 amide bonds. The van der Waals surface area contributed by atoms with E-state index in [1.54, 1.807) is 18.3 Å². The number of aromatic nitrogens is 1. The molecule has 0 saturated heterocycles. The largest absolute Gasteiger partial charge is 0.288 e. The van der Waals surface area contributed by atoms with Crippen LogP contribution < -0.4 is 0 Å². The van der Waals surface area contributed by atoms with Crippen LogP contribution in [0.1, 0.15) is 15.4 Å². The molecular formula is C12H9NOS. The number of carbonyl (C=O) groups excluding carboxylic acids is 1. The summed E-state index contributed by atoms with van der Waals surface area (Å²) < 4.78 is 0. The Bertz CT molecular complexity index is 460. The fraction of sp³-hybridized carbons (Fsp3) is 0. The van der Waals surface area contributed by atoms with E-state index in [0.717, 1.165) is 10.6 Å². The Morgan fingerprint density at radius 1 is 1.27 bits per heavy atom. The molecule has 2 rings (SSSR count). The first kappa shape index (κ1) is 9.80. The van der Waals surface area contributed by atoms with Crippen LogP contribution in [0.4, 0.5) is 0 Å². The maximum Gasteiger partial charge on any atom is 0.195 e. The highest BCUT2D eigenvalue weighted by molar-refractivity contribution is 7.12. The monoisotopic (exact) mass is 215 g/mol. The zero-order valence-electron chi connectivity index (χ0n) is 7.96. The number of nitrogens with zero attached hydrogens (tertiary/aromatic N) is 1. The van der Waals surface area contributed by atoms with Crippen molar-refractivity contribution in [1.29, 1.82) is 0 Å². The molecule has 74 valence electrons. The minimum absolute atomic E-state index is 0.0238. The number of ketones is 1. The van der Waals surface area contributed by atoms with Gasteiger partial charge < -0.3 is 0 Å². The SMILES string of the molecule is O=C(/C=C/c1ccccn1)c1cccs1. The Hall–Kier alpha value is -1.74. The van der Waals surface area contributed by atoms with E-state index < -0.39 is 0 Å². The Balaban J connectivity index is 2.10. The summed E-state index contributed by atoms with van der Waals surface area (Å²) in [6.07, 6.45) is 4.98. The van der Waals surface area contributed by atoms with Gasteiger partial charge in [0.25, 0.3) is 0 Å². The van der Waals surface area contributed by atoms with Crippen molar-refractivity contribution in [3.63, 3.8) is 0 Å². The molecule has 2 heterocycles. The van der Waals surface area contributed by atoms with Gasteiger partial charge >= 0.3 is 0 Å². The summed E-state index contributed by atoms with van der Waals surface area (Å²) >= 11 is 1.44. The van der Waals surface area contributed by atoms with Gasteiger partial charge in [-0.25, -0.2) is 0 Å². The van der Waals surface area contributed by atoms with Crippen LogP contribution in [-0.2, 0) is 0 Å². The van der Waals surface area contributed by atoms with Crippen molar-refractivity contribution in [1.82, 2.24) is 4.98 Å². The van der Waals surface area contributed by atoms with E-state index >= 15 is 0 Å². The van der Waals surface area contributed by atoms with Crippen molar-refractivity contribution in [2.24, 2.45) is 0 Å². The molecule has 0 saturated carbocycles. The minimum Gasteiger partial charge on any atom is -0.288 e. The van der Waals surface area contributed by atoms with Crippen LogP contribution in [0.25, 0.3) is 6.08 Å². The van der Waals surface area contributed by atoms with Gasteiger partial charge in [0, 0.05) is 6.20 Å². The number of carbonyl (C=O) groups is 1. The fourth-order valence-corrected chi connectivity index (χ4v) is 1.78. The molecule has 0 radical (unpaired) electrons. The first-order valence-corrected chi connectivity index (χ1v) is 5.41. The number of allylic oxidation sites excluding steroid dienone is 1. The highest BCUT2D eigenvalue weighted by Crippen LogP contribution is 2.10. The van der Waals surface area contributed by atoms with Gasteiger partial charge in [0.05, 0.1) is 10.6 Å². The first-order valence-electron chi connectivity index (χ1n) is 4.53. The van der Waals surface area contributed by atoms with E-state index in [0.29, 0.717) is 0 Å². The van der Waals surface area contributed by atoms with Crippen molar-refractivity contribution in [3.05, 3.63) is 58.6 Å². The molecule has 15 heavy (non-hydrogen) atoms. The van der Waals surface area contributed by atoms with Crippen LogP contribution in [0.2, 0.25) is 0 Å². The molecule has 0 bridgehead atoms. The fourth-order valence-electron chi connectivity index (χ4n) is 1.14. The average molecular weight is 215 g/mol. The average Bonchev–Trinajstić information content (AvgIpc) is 2.81. The molecule has 0 unspecified atom stereocenters. The predicted octanol–water partition coefficient (Wildman–Crippen LogP) is 3.04. The Kier molecular flexibility index (Phi) is 3.05. The summed E-state index contributed by atoms with van der Waals surface area (Å²) in [6.45, 7) is 0. The summed E-state index contributed by atoms with van der Waals surface area (Å²) in [5.41, 5.74) is 0.794. The molecule has 2 nitrogen and oxygen atoms in total. The summed E-state index contributed by atoms with van der Waals surface area (Å²) in [4.78, 5) is 16.4. The molecule has 3 heteroatoms. The van der Waals surface area contributed by atoms with Crippen molar-refractivity contribution < 1.29 is 4.79 Å². The van der Waals surface area contributed by atoms with Crippen LogP contribution in [0.3, 0.4) is 0 Å². The Morgan fingerprint density at radius 2 is 2.20 bits per heavy atom. The Labute approximate surface area is 91.9 Å². The molecule has 0 aromatic carbocycles. The van der Waals surface area contributed by atoms with E-state index in [1.165, 1.54) is 11.3 Å². The summed E-state index contributed by atoms with van der Waals surface area (Å²) in [5, 5.41) is 1.89. The molecule has 0 aliphatic rings. The molecule has 0 spiro atoms. The van der Waals surface area contributed by atoms with Gasteiger partial charge in [0.2, 0.25) is 0 Å². The second-order valence-corrected chi connectivity index (χ2v) is 3.88. The van der Waals surface area contributed by atoms with Crippen LogP contribution in [0, 0.1) is 0 Å². The maximum absolute atomic E-state index is 11.6. The van der Waals surface area contributed by atoms with Crippen LogP contribution in [0.15, 0.2) is 48.0 Å². The first-order chi connectivity index (χ1) is 7.36.